The molecule has 0 atom stereocenters. The van der Waals surface area contributed by atoms with Crippen molar-refractivity contribution in [1.29, 1.82) is 0 Å². The van der Waals surface area contributed by atoms with Crippen LogP contribution in [0.25, 0.3) is 0 Å². The zero-order valence-corrected chi connectivity index (χ0v) is 7.82. The van der Waals surface area contributed by atoms with Gasteiger partial charge in [-0.3, -0.25) is 0 Å². The molecule has 1 fully saturated rings. The molecule has 1 saturated heterocycles. The number of aliphatic hydroxyl groups is 1. The Hall–Kier alpha value is -0.410. The van der Waals surface area contributed by atoms with Crippen molar-refractivity contribution >= 4 is 6.29 Å². The topological polar surface area (TPSA) is 46.5 Å². The maximum absolute atomic E-state index is 9.50. The van der Waals surface area contributed by atoms with Crippen LogP contribution < -0.4 is 0 Å². The van der Waals surface area contributed by atoms with E-state index >= 15 is 0 Å². The van der Waals surface area contributed by atoms with Gasteiger partial charge in [0.25, 0.3) is 0 Å². The number of aldehydes is 1. The first kappa shape index (κ1) is 11.6. The molecule has 0 radical (unpaired) electrons. The molecule has 0 aromatic heterocycles. The van der Waals surface area contributed by atoms with E-state index in [1.807, 2.05) is 13.8 Å². The summed E-state index contributed by atoms with van der Waals surface area (Å²) >= 11 is 0. The minimum atomic E-state index is -0.0891. The average molecular weight is 174 g/mol. The second-order valence-electron chi connectivity index (χ2n) is 3.22. The zero-order valence-electron chi connectivity index (χ0n) is 7.82. The van der Waals surface area contributed by atoms with Crippen LogP contribution in [0.3, 0.4) is 0 Å². The van der Waals surface area contributed by atoms with Crippen LogP contribution in [0.2, 0.25) is 0 Å². The van der Waals surface area contributed by atoms with Gasteiger partial charge in [0, 0.05) is 19.1 Å². The van der Waals surface area contributed by atoms with Gasteiger partial charge in [0.05, 0.1) is 6.10 Å². The van der Waals surface area contributed by atoms with E-state index < -0.39 is 0 Å². The molecule has 0 spiro atoms. The lowest BCUT2D eigenvalue weighted by atomic mass is 10.2. The lowest BCUT2D eigenvalue weighted by Gasteiger charge is -2.15. The number of carbonyl (C=O) groups is 1. The molecular weight excluding hydrogens is 156 g/mol. The fraction of sp³-hybridized carbons (Fsp3) is 0.889. The highest BCUT2D eigenvalue weighted by Crippen LogP contribution is 2.04. The SMILES string of the molecule is CC(C)C=O.OC1CCOCC1. The van der Waals surface area contributed by atoms with Crippen molar-refractivity contribution in [3.8, 4) is 0 Å². The Balaban J connectivity index is 0.000000217. The van der Waals surface area contributed by atoms with E-state index in [0.717, 1.165) is 32.3 Å². The summed E-state index contributed by atoms with van der Waals surface area (Å²) in [5.41, 5.74) is 0. The zero-order chi connectivity index (χ0) is 9.40. The van der Waals surface area contributed by atoms with Gasteiger partial charge >= 0.3 is 0 Å². The smallest absolute Gasteiger partial charge is 0.122 e. The molecule has 0 amide bonds. The van der Waals surface area contributed by atoms with Crippen LogP contribution >= 0.6 is 0 Å². The summed E-state index contributed by atoms with van der Waals surface area (Å²) in [6.07, 6.45) is 2.47. The Bertz CT molecular complexity index is 106. The van der Waals surface area contributed by atoms with Crippen molar-refractivity contribution in [2.45, 2.75) is 32.8 Å². The van der Waals surface area contributed by atoms with Gasteiger partial charge in [-0.1, -0.05) is 13.8 Å². The van der Waals surface area contributed by atoms with Crippen LogP contribution in [0.15, 0.2) is 0 Å². The summed E-state index contributed by atoms with van der Waals surface area (Å²) in [5.74, 6) is 0.204. The molecule has 0 aromatic carbocycles. The minimum Gasteiger partial charge on any atom is -0.393 e. The van der Waals surface area contributed by atoms with Crippen molar-refractivity contribution in [1.82, 2.24) is 0 Å². The normalized spacial score (nSPS) is 18.3. The highest BCUT2D eigenvalue weighted by Gasteiger charge is 2.07. The van der Waals surface area contributed by atoms with E-state index in [4.69, 9.17) is 9.84 Å². The van der Waals surface area contributed by atoms with E-state index in [9.17, 15) is 4.79 Å². The van der Waals surface area contributed by atoms with Gasteiger partial charge in [-0.25, -0.2) is 0 Å². The van der Waals surface area contributed by atoms with Gasteiger partial charge in [0.2, 0.25) is 0 Å². The Morgan fingerprint density at radius 3 is 2.00 bits per heavy atom. The van der Waals surface area contributed by atoms with E-state index in [0.29, 0.717) is 0 Å². The molecule has 1 heterocycles. The quantitative estimate of drug-likeness (QED) is 0.603. The van der Waals surface area contributed by atoms with Crippen LogP contribution in [0.1, 0.15) is 26.7 Å². The molecule has 72 valence electrons. The monoisotopic (exact) mass is 174 g/mol. The molecule has 0 aliphatic carbocycles. The van der Waals surface area contributed by atoms with Gasteiger partial charge in [-0.15, -0.1) is 0 Å². The number of carbonyl (C=O) groups excluding carboxylic acids is 1. The van der Waals surface area contributed by atoms with Gasteiger partial charge in [-0.05, 0) is 12.8 Å². The second kappa shape index (κ2) is 7.25. The highest BCUT2D eigenvalue weighted by molar-refractivity contribution is 5.51. The molecule has 0 saturated carbocycles. The predicted octanol–water partition coefficient (Wildman–Crippen LogP) is 0.999. The molecule has 1 rings (SSSR count). The fourth-order valence-corrected chi connectivity index (χ4v) is 0.685. The third kappa shape index (κ3) is 7.69. The van der Waals surface area contributed by atoms with E-state index in [1.54, 1.807) is 0 Å². The number of hydrogen-bond donors (Lipinski definition) is 1. The molecule has 1 N–H and O–H groups in total. The third-order valence-corrected chi connectivity index (χ3v) is 1.46. The first-order chi connectivity index (χ1) is 5.66. The molecule has 1 aliphatic rings. The van der Waals surface area contributed by atoms with Crippen LogP contribution in [0, 0.1) is 5.92 Å². The van der Waals surface area contributed by atoms with Gasteiger partial charge < -0.3 is 14.6 Å². The first-order valence-electron chi connectivity index (χ1n) is 4.38. The van der Waals surface area contributed by atoms with Crippen molar-refractivity contribution in [2.24, 2.45) is 5.92 Å². The Morgan fingerprint density at radius 1 is 1.42 bits per heavy atom. The molecule has 1 aliphatic heterocycles. The summed E-state index contributed by atoms with van der Waals surface area (Å²) in [5, 5.41) is 8.83. The van der Waals surface area contributed by atoms with Crippen molar-refractivity contribution in [3.05, 3.63) is 0 Å². The van der Waals surface area contributed by atoms with E-state index in [2.05, 4.69) is 0 Å². The van der Waals surface area contributed by atoms with Crippen molar-refractivity contribution in [2.75, 3.05) is 13.2 Å². The van der Waals surface area contributed by atoms with Crippen LogP contribution in [-0.4, -0.2) is 30.7 Å². The molecular formula is C9H18O3. The van der Waals surface area contributed by atoms with Gasteiger partial charge in [0.15, 0.2) is 0 Å². The number of rotatable bonds is 1. The minimum absolute atomic E-state index is 0.0891. The highest BCUT2D eigenvalue weighted by atomic mass is 16.5. The molecule has 0 bridgehead atoms. The maximum atomic E-state index is 9.50. The Kier molecular flexibility index (Phi) is 7.00. The molecule has 12 heavy (non-hydrogen) atoms. The lowest BCUT2D eigenvalue weighted by Crippen LogP contribution is -2.19. The second-order valence-corrected chi connectivity index (χ2v) is 3.22. The predicted molar refractivity (Wildman–Crippen MR) is 47.0 cm³/mol. The van der Waals surface area contributed by atoms with Gasteiger partial charge in [-0.2, -0.15) is 0 Å². The van der Waals surface area contributed by atoms with Crippen LogP contribution in [0.5, 0.6) is 0 Å². The Morgan fingerprint density at radius 2 is 1.83 bits per heavy atom. The standard InChI is InChI=1S/C5H10O2.C4H8O/c6-5-1-3-7-4-2-5;1-4(2)3-5/h5-6H,1-4H2;3-4H,1-2H3. The number of aliphatic hydroxyl groups excluding tert-OH is 1. The average Bonchev–Trinajstić information content (AvgIpc) is 2.07. The summed E-state index contributed by atoms with van der Waals surface area (Å²) in [6, 6.07) is 0. The number of hydrogen-bond acceptors (Lipinski definition) is 3. The summed E-state index contributed by atoms with van der Waals surface area (Å²) in [4.78, 5) is 9.50. The first-order valence-corrected chi connectivity index (χ1v) is 4.38. The molecule has 3 nitrogen and oxygen atoms in total. The Labute approximate surface area is 73.7 Å². The molecule has 0 unspecified atom stereocenters. The maximum Gasteiger partial charge on any atom is 0.122 e. The third-order valence-electron chi connectivity index (χ3n) is 1.46. The lowest BCUT2D eigenvalue weighted by molar-refractivity contribution is -0.110. The van der Waals surface area contributed by atoms with Crippen molar-refractivity contribution in [3.63, 3.8) is 0 Å². The molecule has 0 aromatic rings. The summed E-state index contributed by atoms with van der Waals surface area (Å²) < 4.78 is 4.98. The largest absolute Gasteiger partial charge is 0.393 e. The van der Waals surface area contributed by atoms with Crippen LogP contribution in [-0.2, 0) is 9.53 Å². The summed E-state index contributed by atoms with van der Waals surface area (Å²) in [7, 11) is 0. The molecule has 3 heteroatoms. The van der Waals surface area contributed by atoms with Crippen molar-refractivity contribution < 1.29 is 14.6 Å². The number of ether oxygens (including phenoxy) is 1. The fourth-order valence-electron chi connectivity index (χ4n) is 0.685. The van der Waals surface area contributed by atoms with Crippen LogP contribution in [0.4, 0.5) is 0 Å². The summed E-state index contributed by atoms with van der Waals surface area (Å²) in [6.45, 7) is 5.18. The van der Waals surface area contributed by atoms with E-state index in [-0.39, 0.29) is 12.0 Å². The van der Waals surface area contributed by atoms with E-state index in [1.165, 1.54) is 0 Å². The van der Waals surface area contributed by atoms with Gasteiger partial charge in [0.1, 0.15) is 6.29 Å².